The molecule has 0 spiro atoms. The minimum absolute atomic E-state index is 0.0637. The molecule has 0 aliphatic carbocycles. The zero-order valence-electron chi connectivity index (χ0n) is 9.89. The predicted molar refractivity (Wildman–Crippen MR) is 68.1 cm³/mol. The van der Waals surface area contributed by atoms with Gasteiger partial charge in [-0.3, -0.25) is 4.90 Å². The largest absolute Gasteiger partial charge is 0.277 e. The average Bonchev–Trinajstić information content (AvgIpc) is 2.40. The fraction of sp³-hybridized carbons (Fsp3) is 0.400. The zero-order chi connectivity index (χ0) is 11.9. The maximum atomic E-state index is 9.04. The first kappa shape index (κ1) is 11.7. The van der Waals surface area contributed by atoms with E-state index in [0.717, 1.165) is 18.5 Å². The van der Waals surface area contributed by atoms with Crippen molar-refractivity contribution >= 4 is 0 Å². The molecule has 0 aromatic heterocycles. The average molecular weight is 224 g/mol. The van der Waals surface area contributed by atoms with Crippen molar-refractivity contribution in [3.05, 3.63) is 35.9 Å². The van der Waals surface area contributed by atoms with E-state index in [0.29, 0.717) is 6.54 Å². The van der Waals surface area contributed by atoms with Crippen LogP contribution in [0.4, 0.5) is 0 Å². The van der Waals surface area contributed by atoms with Gasteiger partial charge in [0.25, 0.3) is 0 Å². The van der Waals surface area contributed by atoms with Crippen molar-refractivity contribution < 1.29 is 0 Å². The van der Waals surface area contributed by atoms with Crippen LogP contribution in [0.15, 0.2) is 30.3 Å². The Labute approximate surface area is 103 Å². The summed E-state index contributed by atoms with van der Waals surface area (Å²) < 4.78 is 0. The number of hydrogen-bond acceptors (Lipinski definition) is 2. The van der Waals surface area contributed by atoms with E-state index in [9.17, 15) is 0 Å². The van der Waals surface area contributed by atoms with Gasteiger partial charge in [0.15, 0.2) is 0 Å². The van der Waals surface area contributed by atoms with Gasteiger partial charge in [0.2, 0.25) is 0 Å². The van der Waals surface area contributed by atoms with E-state index in [1.165, 1.54) is 12.8 Å². The summed E-state index contributed by atoms with van der Waals surface area (Å²) in [4.78, 5) is 2.18. The lowest BCUT2D eigenvalue weighted by molar-refractivity contribution is 0.207. The summed E-state index contributed by atoms with van der Waals surface area (Å²) in [5.74, 6) is 6.30. The van der Waals surface area contributed by atoms with Gasteiger partial charge in [0.1, 0.15) is 0 Å². The van der Waals surface area contributed by atoms with Gasteiger partial charge >= 0.3 is 0 Å². The Balaban J connectivity index is 1.94. The molecular formula is C15H16N2. The van der Waals surface area contributed by atoms with Crippen LogP contribution < -0.4 is 0 Å². The third-order valence-electron chi connectivity index (χ3n) is 3.05. The van der Waals surface area contributed by atoms with Crippen LogP contribution in [0.25, 0.3) is 0 Å². The van der Waals surface area contributed by atoms with E-state index in [2.05, 4.69) is 22.8 Å². The molecule has 17 heavy (non-hydrogen) atoms. The molecule has 0 amide bonds. The second kappa shape index (κ2) is 6.09. The molecule has 86 valence electrons. The Kier molecular flexibility index (Phi) is 4.19. The second-order valence-corrected chi connectivity index (χ2v) is 4.28. The van der Waals surface area contributed by atoms with E-state index in [1.54, 1.807) is 0 Å². The van der Waals surface area contributed by atoms with Gasteiger partial charge in [-0.15, -0.1) is 0 Å². The monoisotopic (exact) mass is 224 g/mol. The van der Waals surface area contributed by atoms with Crippen molar-refractivity contribution in [2.24, 2.45) is 0 Å². The molecule has 1 fully saturated rings. The third-order valence-corrected chi connectivity index (χ3v) is 3.05. The SMILES string of the molecule is N#CC1CCCCN1CC#Cc1ccccc1. The predicted octanol–water partition coefficient (Wildman–Crippen LogP) is 2.42. The molecule has 1 aliphatic heterocycles. The van der Waals surface area contributed by atoms with Crippen molar-refractivity contribution in [1.29, 1.82) is 5.26 Å². The molecule has 1 heterocycles. The lowest BCUT2D eigenvalue weighted by Gasteiger charge is -2.29. The maximum Gasteiger partial charge on any atom is 0.0985 e. The van der Waals surface area contributed by atoms with Gasteiger partial charge in [0, 0.05) is 12.1 Å². The smallest absolute Gasteiger partial charge is 0.0985 e. The second-order valence-electron chi connectivity index (χ2n) is 4.28. The van der Waals surface area contributed by atoms with Crippen molar-refractivity contribution in [2.75, 3.05) is 13.1 Å². The molecule has 1 aromatic carbocycles. The van der Waals surface area contributed by atoms with Crippen molar-refractivity contribution in [2.45, 2.75) is 25.3 Å². The molecule has 0 saturated carbocycles. The molecule has 1 unspecified atom stereocenters. The van der Waals surface area contributed by atoms with Crippen LogP contribution in [0.3, 0.4) is 0 Å². The number of hydrogen-bond donors (Lipinski definition) is 0. The van der Waals surface area contributed by atoms with Gasteiger partial charge in [-0.05, 0) is 31.4 Å². The normalized spacial score (nSPS) is 20.1. The summed E-state index contributed by atoms with van der Waals surface area (Å²) in [5, 5.41) is 9.04. The van der Waals surface area contributed by atoms with Crippen LogP contribution in [0, 0.1) is 23.2 Å². The Morgan fingerprint density at radius 1 is 1.24 bits per heavy atom. The van der Waals surface area contributed by atoms with Crippen LogP contribution in [-0.4, -0.2) is 24.0 Å². The molecule has 2 rings (SSSR count). The van der Waals surface area contributed by atoms with Gasteiger partial charge in [0.05, 0.1) is 18.7 Å². The van der Waals surface area contributed by atoms with Gasteiger partial charge in [-0.2, -0.15) is 5.26 Å². The fourth-order valence-electron chi connectivity index (χ4n) is 2.09. The Morgan fingerprint density at radius 2 is 2.06 bits per heavy atom. The molecule has 1 atom stereocenters. The summed E-state index contributed by atoms with van der Waals surface area (Å²) in [7, 11) is 0. The summed E-state index contributed by atoms with van der Waals surface area (Å²) in [6.45, 7) is 1.70. The van der Waals surface area contributed by atoms with Crippen LogP contribution in [0.2, 0.25) is 0 Å². The van der Waals surface area contributed by atoms with Crippen LogP contribution in [0.1, 0.15) is 24.8 Å². The first-order valence-corrected chi connectivity index (χ1v) is 6.08. The first-order chi connectivity index (χ1) is 8.40. The summed E-state index contributed by atoms with van der Waals surface area (Å²) in [5.41, 5.74) is 1.04. The van der Waals surface area contributed by atoms with Crippen molar-refractivity contribution in [3.63, 3.8) is 0 Å². The minimum atomic E-state index is 0.0637. The Bertz CT molecular complexity index is 447. The highest BCUT2D eigenvalue weighted by Crippen LogP contribution is 2.15. The van der Waals surface area contributed by atoms with Crippen LogP contribution in [0.5, 0.6) is 0 Å². The zero-order valence-corrected chi connectivity index (χ0v) is 9.89. The van der Waals surface area contributed by atoms with Crippen LogP contribution >= 0.6 is 0 Å². The summed E-state index contributed by atoms with van der Waals surface area (Å²) in [6, 6.07) is 12.4. The van der Waals surface area contributed by atoms with E-state index >= 15 is 0 Å². The Morgan fingerprint density at radius 3 is 2.82 bits per heavy atom. The van der Waals surface area contributed by atoms with Gasteiger partial charge < -0.3 is 0 Å². The quantitative estimate of drug-likeness (QED) is 0.685. The van der Waals surface area contributed by atoms with Gasteiger partial charge in [-0.1, -0.05) is 30.0 Å². The molecule has 1 aliphatic rings. The molecule has 0 bridgehead atoms. The Hall–Kier alpha value is -1.77. The maximum absolute atomic E-state index is 9.04. The van der Waals surface area contributed by atoms with E-state index in [4.69, 9.17) is 5.26 Å². The molecule has 1 aromatic rings. The topological polar surface area (TPSA) is 27.0 Å². The summed E-state index contributed by atoms with van der Waals surface area (Å²) in [6.07, 6.45) is 3.34. The number of rotatable bonds is 1. The highest BCUT2D eigenvalue weighted by Gasteiger charge is 2.20. The number of nitrogens with zero attached hydrogens (tertiary/aromatic N) is 2. The highest BCUT2D eigenvalue weighted by atomic mass is 15.2. The number of benzene rings is 1. The highest BCUT2D eigenvalue weighted by molar-refractivity contribution is 5.33. The molecule has 2 nitrogen and oxygen atoms in total. The lowest BCUT2D eigenvalue weighted by atomic mass is 10.0. The van der Waals surface area contributed by atoms with Gasteiger partial charge in [-0.25, -0.2) is 0 Å². The number of likely N-dealkylation sites (tertiary alicyclic amines) is 1. The van der Waals surface area contributed by atoms with E-state index in [-0.39, 0.29) is 6.04 Å². The fourth-order valence-corrected chi connectivity index (χ4v) is 2.09. The summed E-state index contributed by atoms with van der Waals surface area (Å²) >= 11 is 0. The van der Waals surface area contributed by atoms with E-state index < -0.39 is 0 Å². The van der Waals surface area contributed by atoms with E-state index in [1.807, 2.05) is 30.3 Å². The number of piperidine rings is 1. The first-order valence-electron chi connectivity index (χ1n) is 6.08. The van der Waals surface area contributed by atoms with Crippen molar-refractivity contribution in [3.8, 4) is 17.9 Å². The third kappa shape index (κ3) is 3.34. The van der Waals surface area contributed by atoms with Crippen LogP contribution in [-0.2, 0) is 0 Å². The minimum Gasteiger partial charge on any atom is -0.277 e. The van der Waals surface area contributed by atoms with Crippen molar-refractivity contribution in [1.82, 2.24) is 4.90 Å². The molecular weight excluding hydrogens is 208 g/mol. The molecule has 1 saturated heterocycles. The molecule has 0 N–H and O–H groups in total. The standard InChI is InChI=1S/C15H16N2/c16-13-15-10-4-5-11-17(15)12-6-9-14-7-2-1-3-8-14/h1-3,7-8,15H,4-5,10-12H2. The lowest BCUT2D eigenvalue weighted by Crippen LogP contribution is -2.38. The number of nitriles is 1. The molecule has 0 radical (unpaired) electrons. The molecule has 2 heteroatoms.